The molecule has 5 unspecified atom stereocenters. The second-order valence-electron chi connectivity index (χ2n) is 13.0. The molecule has 0 aliphatic carbocycles. The van der Waals surface area contributed by atoms with E-state index in [2.05, 4.69) is 10.6 Å². The fraction of sp³-hybridized carbons (Fsp3) is 0.647. The Labute approximate surface area is 280 Å². The zero-order valence-corrected chi connectivity index (χ0v) is 28.1. The zero-order chi connectivity index (χ0) is 35.0. The molecule has 14 nitrogen and oxygen atoms in total. The molecule has 0 saturated carbocycles. The Hall–Kier alpha value is -3.88. The van der Waals surface area contributed by atoms with Crippen LogP contribution in [0.4, 0.5) is 0 Å². The number of Topliss-reactive ketones (excluding diaryl/α,β-unsaturated/α-hetero) is 1. The van der Waals surface area contributed by atoms with E-state index in [1.807, 2.05) is 30.3 Å². The third kappa shape index (κ3) is 8.97. The molecule has 48 heavy (non-hydrogen) atoms. The molecular weight excluding hydrogens is 624 g/mol. The molecule has 1 aromatic rings. The number of carbonyl (C=O) groups excluding carboxylic acids is 6. The quantitative estimate of drug-likeness (QED) is 0.301. The molecule has 3 saturated heterocycles. The van der Waals surface area contributed by atoms with E-state index in [1.54, 1.807) is 13.8 Å². The van der Waals surface area contributed by atoms with Crippen LogP contribution in [0.3, 0.4) is 0 Å². The van der Waals surface area contributed by atoms with Crippen molar-refractivity contribution in [2.45, 2.75) is 101 Å². The number of methoxy groups -OCH3 is 1. The van der Waals surface area contributed by atoms with Gasteiger partial charge in [0.2, 0.25) is 23.5 Å². The number of likely N-dealkylation sites (N-methyl/N-ethyl adjacent to an activating group) is 1. The third-order valence-electron chi connectivity index (χ3n) is 9.56. The molecule has 3 N–H and O–H groups in total. The lowest BCUT2D eigenvalue weighted by Crippen LogP contribution is -2.62. The Kier molecular flexibility index (Phi) is 12.7. The highest BCUT2D eigenvalue weighted by atomic mass is 16.6. The molecule has 2 bridgehead atoms. The van der Waals surface area contributed by atoms with Crippen molar-refractivity contribution in [1.82, 2.24) is 20.4 Å². The van der Waals surface area contributed by atoms with Crippen LogP contribution in [0.5, 0.6) is 0 Å². The number of fused-ring (bicyclic) bond motifs is 3. The summed E-state index contributed by atoms with van der Waals surface area (Å²) in [7, 11) is 2.83. The number of aryl methyl sites for hydroxylation is 1. The van der Waals surface area contributed by atoms with Crippen LogP contribution in [0.25, 0.3) is 0 Å². The van der Waals surface area contributed by atoms with Gasteiger partial charge in [-0.25, -0.2) is 0 Å². The van der Waals surface area contributed by atoms with Gasteiger partial charge < -0.3 is 39.8 Å². The number of hydrogen-bond donors (Lipinski definition) is 3. The molecular formula is C34H48N4O10. The van der Waals surface area contributed by atoms with Crippen LogP contribution in [-0.4, -0.2) is 120 Å². The number of carbonyl (C=O) groups is 6. The molecule has 264 valence electrons. The predicted octanol–water partition coefficient (Wildman–Crippen LogP) is 0.483. The van der Waals surface area contributed by atoms with E-state index >= 15 is 0 Å². The molecule has 0 aromatic heterocycles. The van der Waals surface area contributed by atoms with Crippen LogP contribution < -0.4 is 10.6 Å². The van der Waals surface area contributed by atoms with Crippen molar-refractivity contribution < 1.29 is 48.1 Å². The Morgan fingerprint density at radius 2 is 1.73 bits per heavy atom. The van der Waals surface area contributed by atoms with Gasteiger partial charge in [0, 0.05) is 33.0 Å². The monoisotopic (exact) mass is 672 g/mol. The highest BCUT2D eigenvalue weighted by molar-refractivity contribution is 6.39. The minimum Gasteiger partial charge on any atom is -0.459 e. The molecule has 3 fully saturated rings. The van der Waals surface area contributed by atoms with E-state index in [9.17, 15) is 33.9 Å². The number of rotatable bonds is 4. The summed E-state index contributed by atoms with van der Waals surface area (Å²) in [6.45, 7) is 2.51. The molecule has 3 aliphatic heterocycles. The van der Waals surface area contributed by atoms with Crippen LogP contribution in [-0.2, 0) is 49.4 Å². The van der Waals surface area contributed by atoms with Crippen molar-refractivity contribution in [2.24, 2.45) is 5.92 Å². The van der Waals surface area contributed by atoms with E-state index in [0.29, 0.717) is 32.1 Å². The van der Waals surface area contributed by atoms with Crippen molar-refractivity contribution >= 4 is 35.4 Å². The molecule has 4 rings (SSSR count). The van der Waals surface area contributed by atoms with Crippen molar-refractivity contribution in [3.63, 3.8) is 0 Å². The maximum absolute atomic E-state index is 13.8. The van der Waals surface area contributed by atoms with Crippen molar-refractivity contribution in [3.05, 3.63) is 35.9 Å². The first-order valence-corrected chi connectivity index (χ1v) is 16.7. The number of ketones is 1. The van der Waals surface area contributed by atoms with E-state index in [0.717, 1.165) is 15.4 Å². The van der Waals surface area contributed by atoms with Gasteiger partial charge in [-0.2, -0.15) is 0 Å². The van der Waals surface area contributed by atoms with Gasteiger partial charge in [-0.1, -0.05) is 37.3 Å². The van der Waals surface area contributed by atoms with Crippen LogP contribution in [0.2, 0.25) is 0 Å². The van der Waals surface area contributed by atoms with Gasteiger partial charge in [-0.3, -0.25) is 28.8 Å². The number of amides is 4. The summed E-state index contributed by atoms with van der Waals surface area (Å²) >= 11 is 0. The summed E-state index contributed by atoms with van der Waals surface area (Å²) < 4.78 is 17.1. The summed E-state index contributed by atoms with van der Waals surface area (Å²) in [6.07, 6.45) is 0.760. The van der Waals surface area contributed by atoms with Gasteiger partial charge in [-0.15, -0.1) is 0 Å². The SMILES string of the molecule is COC1CC2CCC(C)C(O)(O2)C(=O)C(=O)N2CCCC[C@H]2C(=O)N[C@H](CCc2ccccc2)C(=O)NCC(=O)N(C)CC(=O)OC1C. The molecule has 14 heteroatoms. The number of cyclic esters (lactones) is 1. The average molecular weight is 673 g/mol. The maximum Gasteiger partial charge on any atom is 0.325 e. The summed E-state index contributed by atoms with van der Waals surface area (Å²) in [5.74, 6) is -7.89. The van der Waals surface area contributed by atoms with Gasteiger partial charge in [0.1, 0.15) is 24.7 Å². The number of nitrogens with one attached hydrogen (secondary N) is 2. The van der Waals surface area contributed by atoms with Crippen LogP contribution in [0, 0.1) is 5.92 Å². The van der Waals surface area contributed by atoms with Crippen LogP contribution >= 0.6 is 0 Å². The largest absolute Gasteiger partial charge is 0.459 e. The Morgan fingerprint density at radius 1 is 1.00 bits per heavy atom. The number of aliphatic hydroxyl groups is 1. The Morgan fingerprint density at radius 3 is 2.44 bits per heavy atom. The van der Waals surface area contributed by atoms with Crippen LogP contribution in [0.15, 0.2) is 30.3 Å². The molecule has 4 amide bonds. The van der Waals surface area contributed by atoms with E-state index in [1.165, 1.54) is 14.2 Å². The molecule has 1 aromatic carbocycles. The summed E-state index contributed by atoms with van der Waals surface area (Å²) in [4.78, 5) is 82.6. The first kappa shape index (κ1) is 36.9. The number of benzene rings is 1. The fourth-order valence-electron chi connectivity index (χ4n) is 6.49. The number of hydrogen-bond acceptors (Lipinski definition) is 10. The first-order chi connectivity index (χ1) is 22.8. The second kappa shape index (κ2) is 16.5. The highest BCUT2D eigenvalue weighted by Gasteiger charge is 2.53. The fourth-order valence-corrected chi connectivity index (χ4v) is 6.49. The molecule has 0 radical (unpaired) electrons. The molecule has 7 atom stereocenters. The van der Waals surface area contributed by atoms with Crippen molar-refractivity contribution in [1.29, 1.82) is 0 Å². The van der Waals surface area contributed by atoms with Crippen LogP contribution in [0.1, 0.15) is 64.4 Å². The molecule has 3 heterocycles. The minimum atomic E-state index is -2.45. The minimum absolute atomic E-state index is 0.104. The van der Waals surface area contributed by atoms with Gasteiger partial charge in [0.25, 0.3) is 11.7 Å². The zero-order valence-electron chi connectivity index (χ0n) is 28.1. The summed E-state index contributed by atoms with van der Waals surface area (Å²) in [5, 5.41) is 16.9. The van der Waals surface area contributed by atoms with Gasteiger partial charge in [-0.05, 0) is 57.4 Å². The van der Waals surface area contributed by atoms with E-state index in [-0.39, 0.29) is 25.8 Å². The van der Waals surface area contributed by atoms with Gasteiger partial charge in [0.05, 0.1) is 18.8 Å². The van der Waals surface area contributed by atoms with Gasteiger partial charge in [0.15, 0.2) is 0 Å². The average Bonchev–Trinajstić information content (AvgIpc) is 3.08. The third-order valence-corrected chi connectivity index (χ3v) is 9.56. The summed E-state index contributed by atoms with van der Waals surface area (Å²) in [5.41, 5.74) is 0.925. The topological polar surface area (TPSA) is 181 Å². The van der Waals surface area contributed by atoms with E-state index < -0.39 is 90.6 Å². The Bertz CT molecular complexity index is 1340. The molecule has 0 spiro atoms. The lowest BCUT2D eigenvalue weighted by atomic mass is 9.85. The lowest BCUT2D eigenvalue weighted by molar-refractivity contribution is -0.267. The van der Waals surface area contributed by atoms with Crippen molar-refractivity contribution in [3.8, 4) is 0 Å². The molecule has 3 aliphatic rings. The first-order valence-electron chi connectivity index (χ1n) is 16.7. The number of ether oxygens (including phenoxy) is 3. The van der Waals surface area contributed by atoms with Crippen molar-refractivity contribution in [2.75, 3.05) is 33.8 Å². The van der Waals surface area contributed by atoms with E-state index in [4.69, 9.17) is 14.2 Å². The number of piperidine rings is 1. The smallest absolute Gasteiger partial charge is 0.325 e. The number of nitrogens with zero attached hydrogens (tertiary/aromatic N) is 2. The maximum atomic E-state index is 13.8. The number of esters is 1. The Balaban J connectivity index is 1.64. The highest BCUT2D eigenvalue weighted by Crippen LogP contribution is 2.36. The normalized spacial score (nSPS) is 32.0. The van der Waals surface area contributed by atoms with Gasteiger partial charge >= 0.3 is 5.97 Å². The lowest BCUT2D eigenvalue weighted by Gasteiger charge is -2.43. The second-order valence-corrected chi connectivity index (χ2v) is 13.0. The predicted molar refractivity (Wildman–Crippen MR) is 171 cm³/mol. The summed E-state index contributed by atoms with van der Waals surface area (Å²) in [6, 6.07) is 7.20. The standard InChI is InChI=1S/C34H48N4O10/c1-21-13-15-24-18-27(46-4)22(2)47-29(40)20-37(3)28(39)19-35-31(42)25(16-14-23-10-6-5-7-11-23)36-32(43)26-12-8-9-17-38(26)33(44)30(41)34(21,45)48-24/h5-7,10-11,21-22,24-27,45H,8-9,12-20H2,1-4H3,(H,35,42)(H,36,43)/t21?,22?,24?,25-,26+,27?,34?/m1/s1.